The molecule has 5 rings (SSSR count). The summed E-state index contributed by atoms with van der Waals surface area (Å²) in [4.78, 5) is 13.0. The molecule has 1 aliphatic rings. The van der Waals surface area contributed by atoms with Gasteiger partial charge in [-0.15, -0.1) is 10.2 Å². The van der Waals surface area contributed by atoms with Crippen molar-refractivity contribution in [3.05, 3.63) is 81.0 Å². The fourth-order valence-corrected chi connectivity index (χ4v) is 4.85. The van der Waals surface area contributed by atoms with Crippen LogP contribution in [0.15, 0.2) is 58.3 Å². The molecule has 1 saturated carbocycles. The van der Waals surface area contributed by atoms with Crippen LogP contribution in [-0.4, -0.2) is 23.7 Å². The zero-order chi connectivity index (χ0) is 22.6. The maximum Gasteiger partial charge on any atom is 0.418 e. The van der Waals surface area contributed by atoms with Crippen molar-refractivity contribution in [1.82, 2.24) is 23.7 Å². The molecule has 1 aliphatic carbocycles. The number of alkyl halides is 3. The Kier molecular flexibility index (Phi) is 4.99. The van der Waals surface area contributed by atoms with Crippen molar-refractivity contribution in [2.24, 2.45) is 13.0 Å². The van der Waals surface area contributed by atoms with Crippen LogP contribution < -0.4 is 5.69 Å². The molecule has 1 aromatic carbocycles. The number of fused-ring (bicyclic) bond motifs is 1. The van der Waals surface area contributed by atoms with Gasteiger partial charge in [0.05, 0.1) is 16.8 Å². The maximum atomic E-state index is 13.6. The first kappa shape index (κ1) is 21.0. The van der Waals surface area contributed by atoms with Crippen LogP contribution >= 0.6 is 15.9 Å². The van der Waals surface area contributed by atoms with Crippen LogP contribution in [0.2, 0.25) is 0 Å². The number of halogens is 4. The number of pyridine rings is 1. The Morgan fingerprint density at radius 3 is 2.59 bits per heavy atom. The average Bonchev–Trinajstić information content (AvgIpc) is 3.27. The highest BCUT2D eigenvalue weighted by Gasteiger charge is 2.35. The molecule has 0 unspecified atom stereocenters. The van der Waals surface area contributed by atoms with E-state index in [4.69, 9.17) is 0 Å². The molecule has 4 aromatic rings. The van der Waals surface area contributed by atoms with E-state index >= 15 is 0 Å². The number of hydrogen-bond donors (Lipinski definition) is 0. The van der Waals surface area contributed by atoms with Crippen molar-refractivity contribution in [3.63, 3.8) is 0 Å². The molecule has 166 valence electrons. The lowest BCUT2D eigenvalue weighted by atomic mass is 9.72. The summed E-state index contributed by atoms with van der Waals surface area (Å²) in [6, 6.07) is 8.36. The SMILES string of the molecule is Cn1cnnc1[C@@H](c1cccc(-n2cc3c(C(F)(F)F)cc(Br)cn3c2=O)c1)C1CCC1. The lowest BCUT2D eigenvalue weighted by Crippen LogP contribution is -2.24. The van der Waals surface area contributed by atoms with Gasteiger partial charge in [0, 0.05) is 29.8 Å². The molecule has 0 spiro atoms. The monoisotopic (exact) mass is 505 g/mol. The number of hydrogen-bond acceptors (Lipinski definition) is 3. The Hall–Kier alpha value is -2.88. The first-order valence-electron chi connectivity index (χ1n) is 10.2. The molecule has 0 N–H and O–H groups in total. The van der Waals surface area contributed by atoms with Gasteiger partial charge in [0.1, 0.15) is 12.2 Å². The predicted molar refractivity (Wildman–Crippen MR) is 116 cm³/mol. The number of rotatable bonds is 4. The molecular weight excluding hydrogens is 487 g/mol. The van der Waals surface area contributed by atoms with Crippen molar-refractivity contribution in [2.75, 3.05) is 0 Å². The number of imidazole rings is 1. The highest BCUT2D eigenvalue weighted by Crippen LogP contribution is 2.43. The Morgan fingerprint density at radius 2 is 1.97 bits per heavy atom. The van der Waals surface area contributed by atoms with E-state index in [1.807, 2.05) is 29.8 Å². The zero-order valence-corrected chi connectivity index (χ0v) is 18.6. The lowest BCUT2D eigenvalue weighted by molar-refractivity contribution is -0.136. The van der Waals surface area contributed by atoms with Gasteiger partial charge in [0.25, 0.3) is 0 Å². The number of benzene rings is 1. The minimum atomic E-state index is -4.59. The Morgan fingerprint density at radius 1 is 1.19 bits per heavy atom. The van der Waals surface area contributed by atoms with E-state index < -0.39 is 17.4 Å². The molecule has 6 nitrogen and oxygen atoms in total. The fourth-order valence-electron chi connectivity index (χ4n) is 4.41. The van der Waals surface area contributed by atoms with Crippen LogP contribution in [0.3, 0.4) is 0 Å². The van der Waals surface area contributed by atoms with E-state index in [2.05, 4.69) is 26.1 Å². The number of aromatic nitrogens is 5. The van der Waals surface area contributed by atoms with E-state index in [0.29, 0.717) is 11.6 Å². The second-order valence-corrected chi connectivity index (χ2v) is 9.09. The summed E-state index contributed by atoms with van der Waals surface area (Å²) in [6.07, 6.45) is 2.96. The van der Waals surface area contributed by atoms with Crippen LogP contribution in [0, 0.1) is 5.92 Å². The maximum absolute atomic E-state index is 13.6. The lowest BCUT2D eigenvalue weighted by Gasteiger charge is -2.33. The van der Waals surface area contributed by atoms with Crippen LogP contribution in [0.25, 0.3) is 11.2 Å². The van der Waals surface area contributed by atoms with Gasteiger partial charge in [-0.2, -0.15) is 13.2 Å². The third kappa shape index (κ3) is 3.46. The van der Waals surface area contributed by atoms with Gasteiger partial charge in [-0.25, -0.2) is 4.79 Å². The summed E-state index contributed by atoms with van der Waals surface area (Å²) in [5.41, 5.74) is -0.164. The average molecular weight is 506 g/mol. The molecule has 1 atom stereocenters. The molecule has 1 fully saturated rings. The van der Waals surface area contributed by atoms with E-state index in [1.54, 1.807) is 12.4 Å². The third-order valence-electron chi connectivity index (χ3n) is 6.19. The van der Waals surface area contributed by atoms with Crippen LogP contribution in [-0.2, 0) is 13.2 Å². The van der Waals surface area contributed by atoms with Crippen molar-refractivity contribution < 1.29 is 13.2 Å². The summed E-state index contributed by atoms with van der Waals surface area (Å²) in [6.45, 7) is 0. The molecule has 0 amide bonds. The molecular formula is C22H19BrF3N5O. The van der Waals surface area contributed by atoms with Crippen molar-refractivity contribution in [1.29, 1.82) is 0 Å². The highest BCUT2D eigenvalue weighted by molar-refractivity contribution is 9.10. The normalized spacial score (nSPS) is 15.8. The standard InChI is InChI=1S/C22H19BrF3N5O/c1-29-12-27-28-20(29)19(13-4-2-5-13)14-6-3-7-16(8-14)30-11-18-17(22(24,25)26)9-15(23)10-31(18)21(30)32/h3,6-13,19H,2,4-5H2,1H3/t19-/m1/s1. The predicted octanol–water partition coefficient (Wildman–Crippen LogP) is 4.93. The molecule has 0 aliphatic heterocycles. The number of nitrogens with zero attached hydrogens (tertiary/aromatic N) is 5. The topological polar surface area (TPSA) is 57.1 Å². The summed E-state index contributed by atoms with van der Waals surface area (Å²) >= 11 is 3.08. The minimum absolute atomic E-state index is 0.00353. The quantitative estimate of drug-likeness (QED) is 0.395. The molecule has 10 heteroatoms. The summed E-state index contributed by atoms with van der Waals surface area (Å²) < 4.78 is 45.1. The molecule has 0 radical (unpaired) electrons. The van der Waals surface area contributed by atoms with Gasteiger partial charge in [0.2, 0.25) is 0 Å². The van der Waals surface area contributed by atoms with Gasteiger partial charge in [0.15, 0.2) is 0 Å². The summed E-state index contributed by atoms with van der Waals surface area (Å²) in [5, 5.41) is 8.33. The van der Waals surface area contributed by atoms with Crippen LogP contribution in [0.5, 0.6) is 0 Å². The van der Waals surface area contributed by atoms with Gasteiger partial charge < -0.3 is 4.57 Å². The van der Waals surface area contributed by atoms with E-state index in [9.17, 15) is 18.0 Å². The molecule has 3 heterocycles. The first-order chi connectivity index (χ1) is 15.2. The Balaban J connectivity index is 1.66. The van der Waals surface area contributed by atoms with Crippen molar-refractivity contribution in [3.8, 4) is 5.69 Å². The fraction of sp³-hybridized carbons (Fsp3) is 0.318. The molecule has 0 bridgehead atoms. The van der Waals surface area contributed by atoms with Gasteiger partial charge >= 0.3 is 11.9 Å². The third-order valence-corrected chi connectivity index (χ3v) is 6.63. The Labute approximate surface area is 189 Å². The zero-order valence-electron chi connectivity index (χ0n) is 17.1. The first-order valence-corrected chi connectivity index (χ1v) is 11.0. The second kappa shape index (κ2) is 7.61. The van der Waals surface area contributed by atoms with Gasteiger partial charge in [-0.1, -0.05) is 18.6 Å². The van der Waals surface area contributed by atoms with E-state index in [1.165, 1.54) is 17.0 Å². The van der Waals surface area contributed by atoms with Crippen molar-refractivity contribution in [2.45, 2.75) is 31.4 Å². The van der Waals surface area contributed by atoms with Crippen LogP contribution in [0.4, 0.5) is 13.2 Å². The molecule has 3 aromatic heterocycles. The summed E-state index contributed by atoms with van der Waals surface area (Å²) in [7, 11) is 1.90. The van der Waals surface area contributed by atoms with E-state index in [-0.39, 0.29) is 15.9 Å². The highest BCUT2D eigenvalue weighted by atomic mass is 79.9. The Bertz CT molecular complexity index is 1370. The van der Waals surface area contributed by atoms with Gasteiger partial charge in [-0.05, 0) is 58.5 Å². The van der Waals surface area contributed by atoms with Crippen molar-refractivity contribution >= 4 is 21.4 Å². The molecule has 32 heavy (non-hydrogen) atoms. The van der Waals surface area contributed by atoms with Crippen LogP contribution in [0.1, 0.15) is 42.1 Å². The second-order valence-electron chi connectivity index (χ2n) is 8.17. The number of aryl methyl sites for hydroxylation is 1. The van der Waals surface area contributed by atoms with E-state index in [0.717, 1.165) is 41.1 Å². The van der Waals surface area contributed by atoms with Gasteiger partial charge in [-0.3, -0.25) is 8.97 Å². The summed E-state index contributed by atoms with van der Waals surface area (Å²) in [5.74, 6) is 1.25. The molecule has 0 saturated heterocycles. The largest absolute Gasteiger partial charge is 0.418 e. The minimum Gasteiger partial charge on any atom is -0.320 e. The smallest absolute Gasteiger partial charge is 0.320 e.